The lowest BCUT2D eigenvalue weighted by atomic mass is 10.1. The van der Waals surface area contributed by atoms with Gasteiger partial charge in [0.05, 0.1) is 0 Å². The lowest BCUT2D eigenvalue weighted by molar-refractivity contribution is -0.126. The molecule has 1 heterocycles. The fourth-order valence-electron chi connectivity index (χ4n) is 1.75. The van der Waals surface area contributed by atoms with Crippen molar-refractivity contribution in [2.24, 2.45) is 0 Å². The fraction of sp³-hybridized carbons (Fsp3) is 0.750. The number of carbonyl (C=O) groups is 1. The number of rotatable bonds is 5. The van der Waals surface area contributed by atoms with E-state index in [1.54, 1.807) is 6.08 Å². The molecule has 0 spiro atoms. The second kappa shape index (κ2) is 5.84. The van der Waals surface area contributed by atoms with E-state index in [-0.39, 0.29) is 5.91 Å². The lowest BCUT2D eigenvalue weighted by Gasteiger charge is -2.25. The Labute approximate surface area is 87.0 Å². The molecule has 0 aromatic carbocycles. The third kappa shape index (κ3) is 3.52. The zero-order valence-electron chi connectivity index (χ0n) is 9.38. The van der Waals surface area contributed by atoms with E-state index in [0.29, 0.717) is 0 Å². The normalized spacial score (nSPS) is 17.1. The SMILES string of the molecule is CCCCCCN1CCC(C)=CC1=O. The predicted molar refractivity (Wildman–Crippen MR) is 59.1 cm³/mol. The Bertz CT molecular complexity index is 220. The maximum Gasteiger partial charge on any atom is 0.246 e. The molecule has 0 N–H and O–H groups in total. The first kappa shape index (κ1) is 11.3. The zero-order valence-corrected chi connectivity index (χ0v) is 9.38. The molecule has 14 heavy (non-hydrogen) atoms. The summed E-state index contributed by atoms with van der Waals surface area (Å²) in [4.78, 5) is 13.5. The van der Waals surface area contributed by atoms with Crippen LogP contribution in [0.25, 0.3) is 0 Å². The summed E-state index contributed by atoms with van der Waals surface area (Å²) in [6, 6.07) is 0. The highest BCUT2D eigenvalue weighted by molar-refractivity contribution is 5.89. The Morgan fingerprint density at radius 2 is 2.14 bits per heavy atom. The standard InChI is InChI=1S/C12H21NO/c1-3-4-5-6-8-13-9-7-11(2)10-12(13)14/h10H,3-9H2,1-2H3. The molecule has 0 unspecified atom stereocenters. The molecular weight excluding hydrogens is 174 g/mol. The van der Waals surface area contributed by atoms with Gasteiger partial charge in [-0.2, -0.15) is 0 Å². The van der Waals surface area contributed by atoms with Crippen molar-refractivity contribution >= 4 is 5.91 Å². The first-order valence-electron chi connectivity index (χ1n) is 5.70. The van der Waals surface area contributed by atoms with E-state index in [4.69, 9.17) is 0 Å². The first-order chi connectivity index (χ1) is 6.74. The first-order valence-corrected chi connectivity index (χ1v) is 5.70. The van der Waals surface area contributed by atoms with Crippen molar-refractivity contribution in [1.82, 2.24) is 4.90 Å². The largest absolute Gasteiger partial charge is 0.339 e. The van der Waals surface area contributed by atoms with Crippen LogP contribution in [0.1, 0.15) is 46.0 Å². The van der Waals surface area contributed by atoms with Crippen molar-refractivity contribution in [2.75, 3.05) is 13.1 Å². The number of nitrogens with zero attached hydrogens (tertiary/aromatic N) is 1. The van der Waals surface area contributed by atoms with Gasteiger partial charge in [-0.25, -0.2) is 0 Å². The van der Waals surface area contributed by atoms with E-state index in [1.807, 2.05) is 11.8 Å². The molecule has 80 valence electrons. The number of carbonyl (C=O) groups excluding carboxylic acids is 1. The summed E-state index contributed by atoms with van der Waals surface area (Å²) >= 11 is 0. The third-order valence-corrected chi connectivity index (χ3v) is 2.74. The Morgan fingerprint density at radius 3 is 2.79 bits per heavy atom. The van der Waals surface area contributed by atoms with Gasteiger partial charge in [0.15, 0.2) is 0 Å². The van der Waals surface area contributed by atoms with Gasteiger partial charge in [0.1, 0.15) is 0 Å². The molecule has 0 saturated heterocycles. The van der Waals surface area contributed by atoms with Crippen LogP contribution in [0.5, 0.6) is 0 Å². The highest BCUT2D eigenvalue weighted by atomic mass is 16.2. The van der Waals surface area contributed by atoms with Crippen LogP contribution in [-0.4, -0.2) is 23.9 Å². The van der Waals surface area contributed by atoms with Crippen LogP contribution in [0.15, 0.2) is 11.6 Å². The van der Waals surface area contributed by atoms with Gasteiger partial charge in [-0.1, -0.05) is 31.8 Å². The van der Waals surface area contributed by atoms with Crippen LogP contribution < -0.4 is 0 Å². The summed E-state index contributed by atoms with van der Waals surface area (Å²) in [5.41, 5.74) is 1.22. The molecule has 0 atom stereocenters. The lowest BCUT2D eigenvalue weighted by Crippen LogP contribution is -2.34. The fourth-order valence-corrected chi connectivity index (χ4v) is 1.75. The van der Waals surface area contributed by atoms with E-state index >= 15 is 0 Å². The van der Waals surface area contributed by atoms with Crippen LogP contribution in [-0.2, 0) is 4.79 Å². The van der Waals surface area contributed by atoms with E-state index in [1.165, 1.54) is 24.8 Å². The predicted octanol–water partition coefficient (Wildman–Crippen LogP) is 2.75. The van der Waals surface area contributed by atoms with Gasteiger partial charge in [0, 0.05) is 19.2 Å². The van der Waals surface area contributed by atoms with Crippen molar-refractivity contribution in [3.05, 3.63) is 11.6 Å². The molecule has 2 nitrogen and oxygen atoms in total. The molecule has 0 aromatic heterocycles. The van der Waals surface area contributed by atoms with Crippen LogP contribution in [0.3, 0.4) is 0 Å². The van der Waals surface area contributed by atoms with Crippen LogP contribution in [0.2, 0.25) is 0 Å². The monoisotopic (exact) mass is 195 g/mol. The van der Waals surface area contributed by atoms with Crippen LogP contribution in [0.4, 0.5) is 0 Å². The van der Waals surface area contributed by atoms with Crippen molar-refractivity contribution < 1.29 is 4.79 Å². The minimum Gasteiger partial charge on any atom is -0.339 e. The summed E-state index contributed by atoms with van der Waals surface area (Å²) in [5.74, 6) is 0.213. The van der Waals surface area contributed by atoms with Crippen molar-refractivity contribution in [2.45, 2.75) is 46.0 Å². The van der Waals surface area contributed by atoms with Crippen molar-refractivity contribution in [1.29, 1.82) is 0 Å². The molecule has 1 aliphatic heterocycles. The molecule has 0 aromatic rings. The highest BCUT2D eigenvalue weighted by Crippen LogP contribution is 2.12. The molecule has 0 bridgehead atoms. The van der Waals surface area contributed by atoms with Gasteiger partial charge in [-0.05, 0) is 19.8 Å². The Hall–Kier alpha value is -0.790. The average molecular weight is 195 g/mol. The Kier molecular flexibility index (Phi) is 4.71. The van der Waals surface area contributed by atoms with Crippen LogP contribution >= 0.6 is 0 Å². The van der Waals surface area contributed by atoms with E-state index < -0.39 is 0 Å². The summed E-state index contributed by atoms with van der Waals surface area (Å²) in [7, 11) is 0. The van der Waals surface area contributed by atoms with Gasteiger partial charge in [0.25, 0.3) is 0 Å². The molecule has 2 heteroatoms. The molecule has 1 aliphatic rings. The van der Waals surface area contributed by atoms with Crippen molar-refractivity contribution in [3.63, 3.8) is 0 Å². The third-order valence-electron chi connectivity index (χ3n) is 2.74. The van der Waals surface area contributed by atoms with Crippen molar-refractivity contribution in [3.8, 4) is 0 Å². The topological polar surface area (TPSA) is 20.3 Å². The summed E-state index contributed by atoms with van der Waals surface area (Å²) in [6.07, 6.45) is 7.79. The molecule has 0 aliphatic carbocycles. The number of amides is 1. The Balaban J connectivity index is 2.22. The maximum atomic E-state index is 11.5. The van der Waals surface area contributed by atoms with Crippen LogP contribution in [0, 0.1) is 0 Å². The highest BCUT2D eigenvalue weighted by Gasteiger charge is 2.15. The van der Waals surface area contributed by atoms with E-state index in [9.17, 15) is 4.79 Å². The number of hydrogen-bond acceptors (Lipinski definition) is 1. The number of unbranched alkanes of at least 4 members (excludes halogenated alkanes) is 3. The maximum absolute atomic E-state index is 11.5. The minimum atomic E-state index is 0.213. The van der Waals surface area contributed by atoms with Gasteiger partial charge >= 0.3 is 0 Å². The summed E-state index contributed by atoms with van der Waals surface area (Å²) in [5, 5.41) is 0. The van der Waals surface area contributed by atoms with E-state index in [0.717, 1.165) is 25.9 Å². The molecule has 0 radical (unpaired) electrons. The zero-order chi connectivity index (χ0) is 10.4. The smallest absolute Gasteiger partial charge is 0.246 e. The number of hydrogen-bond donors (Lipinski definition) is 0. The average Bonchev–Trinajstić information content (AvgIpc) is 2.15. The second-order valence-corrected chi connectivity index (χ2v) is 4.13. The van der Waals surface area contributed by atoms with Gasteiger partial charge < -0.3 is 4.90 Å². The summed E-state index contributed by atoms with van der Waals surface area (Å²) < 4.78 is 0. The summed E-state index contributed by atoms with van der Waals surface area (Å²) in [6.45, 7) is 6.11. The molecule has 0 saturated carbocycles. The van der Waals surface area contributed by atoms with Gasteiger partial charge in [-0.3, -0.25) is 4.79 Å². The molecule has 1 amide bonds. The molecule has 0 fully saturated rings. The second-order valence-electron chi connectivity index (χ2n) is 4.13. The van der Waals surface area contributed by atoms with E-state index in [2.05, 4.69) is 6.92 Å². The quantitative estimate of drug-likeness (QED) is 0.618. The minimum absolute atomic E-state index is 0.213. The Morgan fingerprint density at radius 1 is 1.36 bits per heavy atom. The molecular formula is C12H21NO. The molecule has 1 rings (SSSR count). The van der Waals surface area contributed by atoms with Gasteiger partial charge in [-0.15, -0.1) is 0 Å². The van der Waals surface area contributed by atoms with Gasteiger partial charge in [0.2, 0.25) is 5.91 Å².